The van der Waals surface area contributed by atoms with Gasteiger partial charge in [0.05, 0.1) is 23.4 Å². The largest absolute Gasteiger partial charge is 0.497 e. The number of benzene rings is 2. The van der Waals surface area contributed by atoms with Crippen molar-refractivity contribution in [1.29, 1.82) is 0 Å². The Bertz CT molecular complexity index is 1030. The topological polar surface area (TPSA) is 49.9 Å². The van der Waals surface area contributed by atoms with Crippen LogP contribution in [0.2, 0.25) is 10.0 Å². The number of anilines is 1. The van der Waals surface area contributed by atoms with Crippen LogP contribution in [0.25, 0.3) is 5.57 Å². The summed E-state index contributed by atoms with van der Waals surface area (Å²) in [6.07, 6.45) is 2.08. The van der Waals surface area contributed by atoms with Crippen molar-refractivity contribution < 1.29 is 14.3 Å². The Morgan fingerprint density at radius 2 is 1.77 bits per heavy atom. The molecule has 156 valence electrons. The predicted octanol–water partition coefficient (Wildman–Crippen LogP) is 5.02. The number of hydrogen-bond donors (Lipinski definition) is 0. The van der Waals surface area contributed by atoms with Crippen molar-refractivity contribution in [2.75, 3.05) is 25.1 Å². The molecule has 2 aromatic rings. The first-order valence-electron chi connectivity index (χ1n) is 9.88. The summed E-state index contributed by atoms with van der Waals surface area (Å²) in [5.41, 5.74) is 1.77. The monoisotopic (exact) mass is 444 g/mol. The number of likely N-dealkylation sites (tertiary alicyclic amines) is 1. The molecule has 0 bridgehead atoms. The number of hydrogen-bond acceptors (Lipinski definition) is 4. The molecule has 2 heterocycles. The number of carbonyl (C=O) groups excluding carboxylic acids is 2. The first kappa shape index (κ1) is 20.8. The van der Waals surface area contributed by atoms with Crippen LogP contribution in [0.1, 0.15) is 25.3 Å². The van der Waals surface area contributed by atoms with Crippen LogP contribution < -0.4 is 9.64 Å². The Labute approximate surface area is 185 Å². The molecule has 1 atom stereocenters. The van der Waals surface area contributed by atoms with E-state index in [4.69, 9.17) is 27.9 Å². The van der Waals surface area contributed by atoms with Crippen molar-refractivity contribution >= 4 is 46.3 Å². The molecule has 30 heavy (non-hydrogen) atoms. The molecule has 0 aromatic heterocycles. The Hall–Kier alpha value is -2.50. The Morgan fingerprint density at radius 3 is 2.43 bits per heavy atom. The first-order valence-corrected chi connectivity index (χ1v) is 10.6. The van der Waals surface area contributed by atoms with E-state index in [0.29, 0.717) is 44.2 Å². The lowest BCUT2D eigenvalue weighted by Crippen LogP contribution is -2.39. The molecule has 1 fully saturated rings. The maximum absolute atomic E-state index is 13.6. The van der Waals surface area contributed by atoms with Crippen molar-refractivity contribution in [3.8, 4) is 5.75 Å². The highest BCUT2D eigenvalue weighted by atomic mass is 35.5. The summed E-state index contributed by atoms with van der Waals surface area (Å²) in [6, 6.07) is 11.9. The lowest BCUT2D eigenvalue weighted by atomic mass is 9.98. The van der Waals surface area contributed by atoms with Crippen LogP contribution in [-0.2, 0) is 9.59 Å². The van der Waals surface area contributed by atoms with E-state index in [1.807, 2.05) is 4.90 Å². The van der Waals surface area contributed by atoms with E-state index >= 15 is 0 Å². The normalized spacial score (nSPS) is 19.7. The van der Waals surface area contributed by atoms with E-state index in [2.05, 4.69) is 6.92 Å². The van der Waals surface area contributed by atoms with E-state index in [1.54, 1.807) is 49.6 Å². The number of imide groups is 1. The van der Waals surface area contributed by atoms with Crippen LogP contribution in [0.4, 0.5) is 5.69 Å². The summed E-state index contributed by atoms with van der Waals surface area (Å²) >= 11 is 12.5. The molecular weight excluding hydrogens is 423 g/mol. The number of halogens is 2. The quantitative estimate of drug-likeness (QED) is 0.621. The number of amides is 2. The lowest BCUT2D eigenvalue weighted by Gasteiger charge is -2.33. The molecule has 1 unspecified atom stereocenters. The highest BCUT2D eigenvalue weighted by Gasteiger charge is 2.43. The van der Waals surface area contributed by atoms with Crippen LogP contribution in [0, 0.1) is 5.92 Å². The molecule has 0 radical (unpaired) electrons. The molecule has 0 aliphatic carbocycles. The minimum Gasteiger partial charge on any atom is -0.497 e. The van der Waals surface area contributed by atoms with Gasteiger partial charge in [-0.2, -0.15) is 0 Å². The van der Waals surface area contributed by atoms with Crippen LogP contribution in [0.3, 0.4) is 0 Å². The van der Waals surface area contributed by atoms with Crippen LogP contribution in [0.15, 0.2) is 48.2 Å². The third-order valence-electron chi connectivity index (χ3n) is 5.56. The van der Waals surface area contributed by atoms with Crippen LogP contribution >= 0.6 is 23.2 Å². The molecular formula is C23H22Cl2N2O3. The van der Waals surface area contributed by atoms with Crippen molar-refractivity contribution in [1.82, 2.24) is 4.90 Å². The standard InChI is InChI=1S/C23H22Cl2N2O3/c1-14-4-3-11-26(13-14)21-20(15-5-8-17(30-2)9-6-15)22(28)27(23(21)29)19-12-16(24)7-10-18(19)25/h5-10,12,14H,3-4,11,13H2,1-2H3. The summed E-state index contributed by atoms with van der Waals surface area (Å²) in [5.74, 6) is 0.348. The van der Waals surface area contributed by atoms with Gasteiger partial charge in [0.1, 0.15) is 11.4 Å². The summed E-state index contributed by atoms with van der Waals surface area (Å²) in [7, 11) is 1.59. The van der Waals surface area contributed by atoms with Gasteiger partial charge in [0.2, 0.25) is 0 Å². The third-order valence-corrected chi connectivity index (χ3v) is 6.12. The zero-order valence-corrected chi connectivity index (χ0v) is 18.3. The fourth-order valence-corrected chi connectivity index (χ4v) is 4.47. The lowest BCUT2D eigenvalue weighted by molar-refractivity contribution is -0.120. The second kappa shape index (κ2) is 8.32. The molecule has 2 amide bonds. The zero-order chi connectivity index (χ0) is 21.4. The maximum atomic E-state index is 13.6. The number of methoxy groups -OCH3 is 1. The van der Waals surface area contributed by atoms with Gasteiger partial charge in [-0.15, -0.1) is 0 Å². The summed E-state index contributed by atoms with van der Waals surface area (Å²) < 4.78 is 5.24. The van der Waals surface area contributed by atoms with E-state index < -0.39 is 5.91 Å². The predicted molar refractivity (Wildman–Crippen MR) is 119 cm³/mol. The number of ether oxygens (including phenoxy) is 1. The summed E-state index contributed by atoms with van der Waals surface area (Å²) in [4.78, 5) is 30.3. The second-order valence-electron chi connectivity index (χ2n) is 7.69. The molecule has 5 nitrogen and oxygen atoms in total. The average Bonchev–Trinajstić information content (AvgIpc) is 3.00. The third kappa shape index (κ3) is 3.68. The number of piperidine rings is 1. The fourth-order valence-electron chi connectivity index (χ4n) is 4.10. The van der Waals surface area contributed by atoms with E-state index in [9.17, 15) is 9.59 Å². The van der Waals surface area contributed by atoms with E-state index in [-0.39, 0.29) is 5.91 Å². The molecule has 4 rings (SSSR count). The molecule has 2 aromatic carbocycles. The van der Waals surface area contributed by atoms with Gasteiger partial charge in [0.25, 0.3) is 11.8 Å². The van der Waals surface area contributed by atoms with Gasteiger partial charge in [-0.1, -0.05) is 42.3 Å². The minimum atomic E-state index is -0.400. The van der Waals surface area contributed by atoms with Crippen molar-refractivity contribution in [2.45, 2.75) is 19.8 Å². The van der Waals surface area contributed by atoms with Gasteiger partial charge in [-0.25, -0.2) is 4.90 Å². The van der Waals surface area contributed by atoms with Crippen molar-refractivity contribution in [3.05, 3.63) is 63.8 Å². The van der Waals surface area contributed by atoms with E-state index in [1.165, 1.54) is 0 Å². The van der Waals surface area contributed by atoms with Gasteiger partial charge in [0, 0.05) is 18.1 Å². The van der Waals surface area contributed by atoms with Crippen molar-refractivity contribution in [2.24, 2.45) is 5.92 Å². The maximum Gasteiger partial charge on any atom is 0.282 e. The molecule has 2 aliphatic heterocycles. The molecule has 0 N–H and O–H groups in total. The Morgan fingerprint density at radius 1 is 1.03 bits per heavy atom. The Kier molecular flexibility index (Phi) is 5.76. The average molecular weight is 445 g/mol. The van der Waals surface area contributed by atoms with E-state index in [0.717, 1.165) is 30.8 Å². The van der Waals surface area contributed by atoms with Gasteiger partial charge >= 0.3 is 0 Å². The van der Waals surface area contributed by atoms with Crippen LogP contribution in [-0.4, -0.2) is 36.9 Å². The summed E-state index contributed by atoms with van der Waals surface area (Å²) in [6.45, 7) is 3.62. The zero-order valence-electron chi connectivity index (χ0n) is 16.8. The number of carbonyl (C=O) groups is 2. The summed E-state index contributed by atoms with van der Waals surface area (Å²) in [5, 5.41) is 0.699. The molecule has 2 aliphatic rings. The minimum absolute atomic E-state index is 0.295. The second-order valence-corrected chi connectivity index (χ2v) is 8.53. The highest BCUT2D eigenvalue weighted by molar-refractivity contribution is 6.47. The molecule has 0 saturated carbocycles. The smallest absolute Gasteiger partial charge is 0.282 e. The van der Waals surface area contributed by atoms with Crippen LogP contribution in [0.5, 0.6) is 5.75 Å². The van der Waals surface area contributed by atoms with Gasteiger partial charge in [-0.05, 0) is 54.7 Å². The van der Waals surface area contributed by atoms with Gasteiger partial charge in [0.15, 0.2) is 0 Å². The fraction of sp³-hybridized carbons (Fsp3) is 0.304. The number of nitrogens with zero attached hydrogens (tertiary/aromatic N) is 2. The molecule has 0 spiro atoms. The van der Waals surface area contributed by atoms with Crippen molar-refractivity contribution in [3.63, 3.8) is 0 Å². The molecule has 7 heteroatoms. The highest BCUT2D eigenvalue weighted by Crippen LogP contribution is 2.39. The first-order chi connectivity index (χ1) is 14.4. The van der Waals surface area contributed by atoms with Gasteiger partial charge in [-0.3, -0.25) is 9.59 Å². The van der Waals surface area contributed by atoms with Gasteiger partial charge < -0.3 is 9.64 Å². The molecule has 1 saturated heterocycles. The Balaban J connectivity index is 1.84. The SMILES string of the molecule is COc1ccc(C2=C(N3CCCC(C)C3)C(=O)N(c3cc(Cl)ccc3Cl)C2=O)cc1. The number of rotatable bonds is 4.